The van der Waals surface area contributed by atoms with Gasteiger partial charge in [0.25, 0.3) is 0 Å². The number of H-pyrrole nitrogens is 1. The second-order valence-electron chi connectivity index (χ2n) is 3.32. The maximum absolute atomic E-state index is 5.63. The average molecular weight is 166 g/mol. The Balaban J connectivity index is 1.82. The lowest BCUT2D eigenvalue weighted by atomic mass is 9.93. The predicted octanol–water partition coefficient (Wildman–Crippen LogP) is 0.634. The first-order valence-corrected chi connectivity index (χ1v) is 4.37. The molecular formula is C8H14N4. The Morgan fingerprint density at radius 1 is 1.67 bits per heavy atom. The van der Waals surface area contributed by atoms with Crippen LogP contribution in [-0.2, 0) is 6.54 Å². The van der Waals surface area contributed by atoms with Crippen molar-refractivity contribution in [3.05, 3.63) is 11.8 Å². The van der Waals surface area contributed by atoms with Crippen LogP contribution in [0.2, 0.25) is 0 Å². The van der Waals surface area contributed by atoms with Gasteiger partial charge in [0.05, 0.1) is 6.20 Å². The number of aromatic amines is 1. The summed E-state index contributed by atoms with van der Waals surface area (Å²) in [4.78, 5) is 0. The number of aromatic nitrogens is 2. The van der Waals surface area contributed by atoms with Gasteiger partial charge in [0.15, 0.2) is 0 Å². The molecule has 0 aliphatic heterocycles. The number of nitrogen functional groups attached to an aromatic ring is 1. The maximum atomic E-state index is 5.63. The second-order valence-corrected chi connectivity index (χ2v) is 3.32. The zero-order valence-electron chi connectivity index (χ0n) is 7.01. The molecule has 12 heavy (non-hydrogen) atoms. The molecule has 1 saturated carbocycles. The predicted molar refractivity (Wildman–Crippen MR) is 47.5 cm³/mol. The smallest absolute Gasteiger partial charge is 0.123 e. The van der Waals surface area contributed by atoms with Crippen molar-refractivity contribution in [1.82, 2.24) is 15.5 Å². The molecule has 1 heterocycles. The van der Waals surface area contributed by atoms with Crippen molar-refractivity contribution in [3.63, 3.8) is 0 Å². The standard InChI is InChI=1S/C8H14N4/c9-8-6(5-11-12-8)4-10-7-2-1-3-7/h5,7,10H,1-4H2,(H3,9,11,12). The van der Waals surface area contributed by atoms with E-state index in [1.165, 1.54) is 19.3 Å². The zero-order chi connectivity index (χ0) is 8.39. The highest BCUT2D eigenvalue weighted by Gasteiger charge is 2.16. The Kier molecular flexibility index (Phi) is 1.99. The first-order chi connectivity index (χ1) is 5.86. The van der Waals surface area contributed by atoms with Gasteiger partial charge < -0.3 is 11.1 Å². The van der Waals surface area contributed by atoms with Gasteiger partial charge in [-0.25, -0.2) is 0 Å². The van der Waals surface area contributed by atoms with Crippen LogP contribution < -0.4 is 11.1 Å². The molecule has 1 aliphatic carbocycles. The summed E-state index contributed by atoms with van der Waals surface area (Å²) in [5, 5.41) is 9.99. The van der Waals surface area contributed by atoms with Crippen molar-refractivity contribution < 1.29 is 0 Å². The molecular weight excluding hydrogens is 152 g/mol. The minimum Gasteiger partial charge on any atom is -0.384 e. The fraction of sp³-hybridized carbons (Fsp3) is 0.625. The highest BCUT2D eigenvalue weighted by Crippen LogP contribution is 2.18. The summed E-state index contributed by atoms with van der Waals surface area (Å²) in [5.74, 6) is 0.682. The molecule has 0 unspecified atom stereocenters. The average Bonchev–Trinajstić information content (AvgIpc) is 2.33. The third-order valence-corrected chi connectivity index (χ3v) is 2.44. The molecule has 2 rings (SSSR count). The van der Waals surface area contributed by atoms with Crippen molar-refractivity contribution >= 4 is 5.82 Å². The van der Waals surface area contributed by atoms with Gasteiger partial charge in [0, 0.05) is 18.2 Å². The van der Waals surface area contributed by atoms with E-state index in [0.717, 1.165) is 12.1 Å². The van der Waals surface area contributed by atoms with Gasteiger partial charge in [-0.2, -0.15) is 5.10 Å². The van der Waals surface area contributed by atoms with E-state index in [1.807, 2.05) is 0 Å². The van der Waals surface area contributed by atoms with E-state index in [2.05, 4.69) is 15.5 Å². The van der Waals surface area contributed by atoms with E-state index in [4.69, 9.17) is 5.73 Å². The Bertz CT molecular complexity index is 251. The molecule has 4 heteroatoms. The summed E-state index contributed by atoms with van der Waals surface area (Å²) >= 11 is 0. The number of hydrogen-bond donors (Lipinski definition) is 3. The van der Waals surface area contributed by atoms with E-state index in [9.17, 15) is 0 Å². The molecule has 0 bridgehead atoms. The lowest BCUT2D eigenvalue weighted by Crippen LogP contribution is -2.34. The molecule has 4 nitrogen and oxygen atoms in total. The molecule has 4 N–H and O–H groups in total. The molecule has 0 amide bonds. The molecule has 1 fully saturated rings. The van der Waals surface area contributed by atoms with E-state index >= 15 is 0 Å². The molecule has 66 valence electrons. The van der Waals surface area contributed by atoms with Gasteiger partial charge in [0.2, 0.25) is 0 Å². The minimum atomic E-state index is 0.682. The van der Waals surface area contributed by atoms with Crippen LogP contribution in [0.4, 0.5) is 5.82 Å². The van der Waals surface area contributed by atoms with Crippen LogP contribution in [0.5, 0.6) is 0 Å². The molecule has 1 aliphatic rings. The summed E-state index contributed by atoms with van der Waals surface area (Å²) in [7, 11) is 0. The second kappa shape index (κ2) is 3.15. The molecule has 0 saturated heterocycles. The molecule has 1 aromatic heterocycles. The van der Waals surface area contributed by atoms with Crippen LogP contribution in [0.15, 0.2) is 6.20 Å². The van der Waals surface area contributed by atoms with Crippen molar-refractivity contribution in [2.45, 2.75) is 31.8 Å². The number of nitrogens with one attached hydrogen (secondary N) is 2. The topological polar surface area (TPSA) is 66.7 Å². The van der Waals surface area contributed by atoms with E-state index < -0.39 is 0 Å². The number of rotatable bonds is 3. The minimum absolute atomic E-state index is 0.682. The fourth-order valence-corrected chi connectivity index (χ4v) is 1.33. The first-order valence-electron chi connectivity index (χ1n) is 4.37. The van der Waals surface area contributed by atoms with Gasteiger partial charge >= 0.3 is 0 Å². The van der Waals surface area contributed by atoms with Crippen molar-refractivity contribution in [2.75, 3.05) is 5.73 Å². The summed E-state index contributed by atoms with van der Waals surface area (Å²) < 4.78 is 0. The van der Waals surface area contributed by atoms with Crippen LogP contribution in [0, 0.1) is 0 Å². The largest absolute Gasteiger partial charge is 0.384 e. The third-order valence-electron chi connectivity index (χ3n) is 2.44. The summed E-state index contributed by atoms with van der Waals surface area (Å²) in [6, 6.07) is 0.708. The van der Waals surface area contributed by atoms with Crippen LogP contribution in [0.25, 0.3) is 0 Å². The molecule has 0 aromatic carbocycles. The number of hydrogen-bond acceptors (Lipinski definition) is 3. The quantitative estimate of drug-likeness (QED) is 0.617. The van der Waals surface area contributed by atoms with Crippen LogP contribution in [-0.4, -0.2) is 16.2 Å². The van der Waals surface area contributed by atoms with Gasteiger partial charge in [-0.1, -0.05) is 6.42 Å². The lowest BCUT2D eigenvalue weighted by molar-refractivity contribution is 0.338. The lowest BCUT2D eigenvalue weighted by Gasteiger charge is -2.26. The number of nitrogens with zero attached hydrogens (tertiary/aromatic N) is 1. The number of anilines is 1. The van der Waals surface area contributed by atoms with Gasteiger partial charge in [-0.15, -0.1) is 0 Å². The highest BCUT2D eigenvalue weighted by atomic mass is 15.1. The molecule has 0 radical (unpaired) electrons. The highest BCUT2D eigenvalue weighted by molar-refractivity contribution is 5.36. The van der Waals surface area contributed by atoms with Crippen molar-refractivity contribution in [1.29, 1.82) is 0 Å². The number of nitrogens with two attached hydrogens (primary N) is 1. The molecule has 0 spiro atoms. The summed E-state index contributed by atoms with van der Waals surface area (Å²) in [6.07, 6.45) is 5.75. The SMILES string of the molecule is Nc1[nH]ncc1CNC1CCC1. The maximum Gasteiger partial charge on any atom is 0.123 e. The van der Waals surface area contributed by atoms with E-state index in [0.29, 0.717) is 11.9 Å². The Morgan fingerprint density at radius 2 is 2.50 bits per heavy atom. The Hall–Kier alpha value is -1.03. The van der Waals surface area contributed by atoms with Crippen molar-refractivity contribution in [3.8, 4) is 0 Å². The molecule has 1 aromatic rings. The van der Waals surface area contributed by atoms with Gasteiger partial charge in [0.1, 0.15) is 5.82 Å². The van der Waals surface area contributed by atoms with Crippen molar-refractivity contribution in [2.24, 2.45) is 0 Å². The first kappa shape index (κ1) is 7.61. The van der Waals surface area contributed by atoms with E-state index in [-0.39, 0.29) is 0 Å². The Morgan fingerprint density at radius 3 is 3.00 bits per heavy atom. The normalized spacial score (nSPS) is 17.7. The fourth-order valence-electron chi connectivity index (χ4n) is 1.33. The molecule has 0 atom stereocenters. The van der Waals surface area contributed by atoms with Crippen LogP contribution >= 0.6 is 0 Å². The van der Waals surface area contributed by atoms with Gasteiger partial charge in [-0.05, 0) is 12.8 Å². The monoisotopic (exact) mass is 166 g/mol. The summed E-state index contributed by atoms with van der Waals surface area (Å²) in [6.45, 7) is 0.840. The third kappa shape index (κ3) is 1.43. The van der Waals surface area contributed by atoms with Crippen LogP contribution in [0.3, 0.4) is 0 Å². The Labute approximate surface area is 71.5 Å². The van der Waals surface area contributed by atoms with Gasteiger partial charge in [-0.3, -0.25) is 5.10 Å². The zero-order valence-corrected chi connectivity index (χ0v) is 7.01. The van der Waals surface area contributed by atoms with E-state index in [1.54, 1.807) is 6.20 Å². The summed E-state index contributed by atoms with van der Waals surface area (Å²) in [5.41, 5.74) is 6.70. The van der Waals surface area contributed by atoms with Crippen LogP contribution in [0.1, 0.15) is 24.8 Å².